The highest BCUT2D eigenvalue weighted by Crippen LogP contribution is 2.17. The smallest absolute Gasteiger partial charge is 0.488 e. The van der Waals surface area contributed by atoms with Crippen molar-refractivity contribution in [2.24, 2.45) is 0 Å². The van der Waals surface area contributed by atoms with Gasteiger partial charge in [0.05, 0.1) is 0 Å². The lowest BCUT2D eigenvalue weighted by Crippen LogP contribution is -2.29. The van der Waals surface area contributed by atoms with E-state index in [0.717, 1.165) is 12.1 Å². The molecule has 0 unspecified atom stereocenters. The molecule has 0 aliphatic heterocycles. The van der Waals surface area contributed by atoms with Gasteiger partial charge in [0.1, 0.15) is 24.8 Å². The highest BCUT2D eigenvalue weighted by molar-refractivity contribution is 6.58. The van der Waals surface area contributed by atoms with Gasteiger partial charge >= 0.3 is 7.12 Å². The Hall–Kier alpha value is -2.12. The highest BCUT2D eigenvalue weighted by Gasteiger charge is 2.11. The number of benzene rings is 2. The van der Waals surface area contributed by atoms with E-state index in [9.17, 15) is 8.78 Å². The Morgan fingerprint density at radius 2 is 1.71 bits per heavy atom. The number of halogens is 2. The third-order valence-electron chi connectivity index (χ3n) is 2.66. The van der Waals surface area contributed by atoms with E-state index in [4.69, 9.17) is 19.5 Å². The number of ether oxygens (including phenoxy) is 2. The second-order valence-corrected chi connectivity index (χ2v) is 4.22. The molecule has 0 amide bonds. The molecular formula is C14H13BF2O4. The van der Waals surface area contributed by atoms with Crippen LogP contribution in [0.3, 0.4) is 0 Å². The van der Waals surface area contributed by atoms with Crippen molar-refractivity contribution < 1.29 is 28.3 Å². The molecule has 0 fully saturated rings. The van der Waals surface area contributed by atoms with Crippen LogP contribution in [0.4, 0.5) is 8.78 Å². The highest BCUT2D eigenvalue weighted by atomic mass is 19.1. The minimum atomic E-state index is -1.57. The fourth-order valence-electron chi connectivity index (χ4n) is 1.67. The second-order valence-electron chi connectivity index (χ2n) is 4.22. The van der Waals surface area contributed by atoms with Crippen molar-refractivity contribution in [1.29, 1.82) is 0 Å². The Balaban J connectivity index is 1.83. The summed E-state index contributed by atoms with van der Waals surface area (Å²) in [6, 6.07) is 9.32. The van der Waals surface area contributed by atoms with Gasteiger partial charge in [-0.25, -0.2) is 8.78 Å². The van der Waals surface area contributed by atoms with Crippen LogP contribution >= 0.6 is 0 Å². The SMILES string of the molecule is OB(O)c1cccc(OCCOc2ccc(F)cc2F)c1. The molecular weight excluding hydrogens is 281 g/mol. The first kappa shape index (κ1) is 15.3. The number of hydrogen-bond donors (Lipinski definition) is 2. The molecule has 2 N–H and O–H groups in total. The van der Waals surface area contributed by atoms with Crippen LogP contribution < -0.4 is 14.9 Å². The summed E-state index contributed by atoms with van der Waals surface area (Å²) in [6.45, 7) is 0.191. The van der Waals surface area contributed by atoms with Gasteiger partial charge in [-0.05, 0) is 29.7 Å². The molecule has 0 bridgehead atoms. The van der Waals surface area contributed by atoms with Gasteiger partial charge in [-0.3, -0.25) is 0 Å². The quantitative estimate of drug-likeness (QED) is 0.619. The first-order valence-electron chi connectivity index (χ1n) is 6.23. The zero-order valence-corrected chi connectivity index (χ0v) is 11.0. The standard InChI is InChI=1S/C14H13BF2O4/c16-11-4-5-14(13(17)9-11)21-7-6-20-12-3-1-2-10(8-12)15(18)19/h1-5,8-9,18-19H,6-7H2. The molecule has 4 nitrogen and oxygen atoms in total. The van der Waals surface area contributed by atoms with Crippen molar-refractivity contribution in [3.63, 3.8) is 0 Å². The molecule has 0 atom stereocenters. The third kappa shape index (κ3) is 4.44. The van der Waals surface area contributed by atoms with Crippen LogP contribution in [0.2, 0.25) is 0 Å². The molecule has 0 spiro atoms. The average molecular weight is 294 g/mol. The zero-order chi connectivity index (χ0) is 15.2. The number of hydrogen-bond acceptors (Lipinski definition) is 4. The predicted molar refractivity (Wildman–Crippen MR) is 73.6 cm³/mol. The van der Waals surface area contributed by atoms with Crippen LogP contribution in [-0.4, -0.2) is 30.4 Å². The summed E-state index contributed by atoms with van der Waals surface area (Å²) in [5.41, 5.74) is 0.304. The first-order valence-corrected chi connectivity index (χ1v) is 6.23. The molecule has 110 valence electrons. The summed E-state index contributed by atoms with van der Waals surface area (Å²) in [5.74, 6) is -1.07. The molecule has 7 heteroatoms. The van der Waals surface area contributed by atoms with Gasteiger partial charge < -0.3 is 19.5 Å². The third-order valence-corrected chi connectivity index (χ3v) is 2.66. The molecule has 0 aromatic heterocycles. The van der Waals surface area contributed by atoms with E-state index in [1.54, 1.807) is 18.2 Å². The summed E-state index contributed by atoms with van der Waals surface area (Å²) in [6.07, 6.45) is 0. The molecule has 0 aliphatic carbocycles. The van der Waals surface area contributed by atoms with Crippen LogP contribution in [-0.2, 0) is 0 Å². The van der Waals surface area contributed by atoms with Gasteiger partial charge in [0.15, 0.2) is 11.6 Å². The molecule has 2 rings (SSSR count). The fraction of sp³-hybridized carbons (Fsp3) is 0.143. The number of rotatable bonds is 6. The molecule has 0 aliphatic rings. The van der Waals surface area contributed by atoms with Crippen LogP contribution in [0.5, 0.6) is 11.5 Å². The zero-order valence-electron chi connectivity index (χ0n) is 11.0. The van der Waals surface area contributed by atoms with Crippen molar-refractivity contribution in [2.75, 3.05) is 13.2 Å². The van der Waals surface area contributed by atoms with E-state index < -0.39 is 18.8 Å². The Kier molecular flexibility index (Phi) is 5.13. The van der Waals surface area contributed by atoms with Crippen molar-refractivity contribution in [3.8, 4) is 11.5 Å². The van der Waals surface area contributed by atoms with E-state index in [0.29, 0.717) is 11.2 Å². The largest absolute Gasteiger partial charge is 0.490 e. The van der Waals surface area contributed by atoms with Gasteiger partial charge in [-0.15, -0.1) is 0 Å². The maximum atomic E-state index is 13.3. The summed E-state index contributed by atoms with van der Waals surface area (Å²) in [7, 11) is -1.57. The molecule has 0 heterocycles. The topological polar surface area (TPSA) is 58.9 Å². The van der Waals surface area contributed by atoms with Crippen molar-refractivity contribution in [2.45, 2.75) is 0 Å². The van der Waals surface area contributed by atoms with Crippen LogP contribution in [0.25, 0.3) is 0 Å². The molecule has 0 radical (unpaired) electrons. The Bertz CT molecular complexity index is 607. The van der Waals surface area contributed by atoms with Gasteiger partial charge in [-0.1, -0.05) is 12.1 Å². The molecule has 0 saturated heterocycles. The monoisotopic (exact) mass is 294 g/mol. The van der Waals surface area contributed by atoms with Gasteiger partial charge in [0, 0.05) is 6.07 Å². The normalized spacial score (nSPS) is 10.3. The Morgan fingerprint density at radius 3 is 2.43 bits per heavy atom. The lowest BCUT2D eigenvalue weighted by Gasteiger charge is -2.10. The second kappa shape index (κ2) is 7.05. The van der Waals surface area contributed by atoms with Gasteiger partial charge in [0.2, 0.25) is 0 Å². The summed E-state index contributed by atoms with van der Waals surface area (Å²) in [4.78, 5) is 0. The van der Waals surface area contributed by atoms with Crippen LogP contribution in [0.1, 0.15) is 0 Å². The van der Waals surface area contributed by atoms with Crippen molar-refractivity contribution in [1.82, 2.24) is 0 Å². The average Bonchev–Trinajstić information content (AvgIpc) is 2.45. The van der Waals surface area contributed by atoms with E-state index >= 15 is 0 Å². The van der Waals surface area contributed by atoms with Crippen LogP contribution in [0, 0.1) is 11.6 Å². The first-order chi connectivity index (χ1) is 10.1. The summed E-state index contributed by atoms with van der Waals surface area (Å²) in [5, 5.41) is 18.0. The van der Waals surface area contributed by atoms with Crippen molar-refractivity contribution >= 4 is 12.6 Å². The van der Waals surface area contributed by atoms with E-state index in [1.165, 1.54) is 12.1 Å². The van der Waals surface area contributed by atoms with E-state index in [-0.39, 0.29) is 19.0 Å². The molecule has 2 aromatic carbocycles. The maximum absolute atomic E-state index is 13.3. The predicted octanol–water partition coefficient (Wildman–Crippen LogP) is 1.10. The maximum Gasteiger partial charge on any atom is 0.488 e. The summed E-state index contributed by atoms with van der Waals surface area (Å²) < 4.78 is 36.4. The van der Waals surface area contributed by atoms with E-state index in [2.05, 4.69) is 0 Å². The summed E-state index contributed by atoms with van der Waals surface area (Å²) >= 11 is 0. The lowest BCUT2D eigenvalue weighted by atomic mass is 9.80. The molecule has 2 aromatic rings. The van der Waals surface area contributed by atoms with E-state index in [1.807, 2.05) is 0 Å². The molecule has 0 saturated carbocycles. The van der Waals surface area contributed by atoms with Crippen LogP contribution in [0.15, 0.2) is 42.5 Å². The fourth-order valence-corrected chi connectivity index (χ4v) is 1.67. The Labute approximate surface area is 120 Å². The van der Waals surface area contributed by atoms with Gasteiger partial charge in [-0.2, -0.15) is 0 Å². The Morgan fingerprint density at radius 1 is 0.952 bits per heavy atom. The lowest BCUT2D eigenvalue weighted by molar-refractivity contribution is 0.211. The van der Waals surface area contributed by atoms with Gasteiger partial charge in [0.25, 0.3) is 0 Å². The van der Waals surface area contributed by atoms with Crippen molar-refractivity contribution in [3.05, 3.63) is 54.1 Å². The minimum absolute atomic E-state index is 0.0560. The minimum Gasteiger partial charge on any atom is -0.490 e. The molecule has 21 heavy (non-hydrogen) atoms.